The third kappa shape index (κ3) is 5.04. The first kappa shape index (κ1) is 17.5. The monoisotopic (exact) mass is 312 g/mol. The Kier molecular flexibility index (Phi) is 5.78. The van der Waals surface area contributed by atoms with Gasteiger partial charge in [-0.1, -0.05) is 26.8 Å². The third-order valence-corrected chi connectivity index (χ3v) is 4.03. The summed E-state index contributed by atoms with van der Waals surface area (Å²) in [5.74, 6) is -1.02. The summed E-state index contributed by atoms with van der Waals surface area (Å²) < 4.78 is 0. The van der Waals surface area contributed by atoms with Crippen LogP contribution in [0.15, 0.2) is 17.5 Å². The third-order valence-electron chi connectivity index (χ3n) is 3.17. The van der Waals surface area contributed by atoms with Gasteiger partial charge in [-0.05, 0) is 30.7 Å². The lowest BCUT2D eigenvalue weighted by molar-refractivity contribution is -0.142. The van der Waals surface area contributed by atoms with Gasteiger partial charge in [-0.25, -0.2) is 9.59 Å². The lowest BCUT2D eigenvalue weighted by Gasteiger charge is -2.32. The van der Waals surface area contributed by atoms with Crippen LogP contribution in [-0.2, 0) is 11.3 Å². The second-order valence-electron chi connectivity index (χ2n) is 6.39. The highest BCUT2D eigenvalue weighted by atomic mass is 32.1. The molecule has 5 nitrogen and oxygen atoms in total. The van der Waals surface area contributed by atoms with Crippen LogP contribution in [0.4, 0.5) is 4.79 Å². The van der Waals surface area contributed by atoms with Crippen molar-refractivity contribution in [1.29, 1.82) is 0 Å². The van der Waals surface area contributed by atoms with Crippen molar-refractivity contribution in [2.45, 2.75) is 53.2 Å². The van der Waals surface area contributed by atoms with Crippen LogP contribution in [0, 0.1) is 5.41 Å². The fourth-order valence-electron chi connectivity index (χ4n) is 1.91. The van der Waals surface area contributed by atoms with Crippen molar-refractivity contribution < 1.29 is 14.7 Å². The normalized spacial score (nSPS) is 13.0. The molecular formula is C15H24N2O3S. The van der Waals surface area contributed by atoms with E-state index in [0.29, 0.717) is 6.54 Å². The van der Waals surface area contributed by atoms with Crippen LogP contribution < -0.4 is 5.32 Å². The number of hydrogen-bond acceptors (Lipinski definition) is 3. The van der Waals surface area contributed by atoms with Crippen LogP contribution >= 0.6 is 11.3 Å². The average Bonchev–Trinajstić information content (AvgIpc) is 2.83. The number of carbonyl (C=O) groups excluding carboxylic acids is 1. The van der Waals surface area contributed by atoms with Gasteiger partial charge < -0.3 is 15.3 Å². The number of urea groups is 1. The van der Waals surface area contributed by atoms with E-state index in [2.05, 4.69) is 5.32 Å². The first-order valence-electron chi connectivity index (χ1n) is 6.95. The molecule has 1 atom stereocenters. The summed E-state index contributed by atoms with van der Waals surface area (Å²) in [5, 5.41) is 13.9. The van der Waals surface area contributed by atoms with Crippen molar-refractivity contribution in [3.8, 4) is 0 Å². The highest BCUT2D eigenvalue weighted by Crippen LogP contribution is 2.20. The van der Waals surface area contributed by atoms with Crippen molar-refractivity contribution in [2.24, 2.45) is 5.41 Å². The molecule has 0 fully saturated rings. The summed E-state index contributed by atoms with van der Waals surface area (Å²) in [6.07, 6.45) is 0. The van der Waals surface area contributed by atoms with Gasteiger partial charge in [0, 0.05) is 10.9 Å². The fraction of sp³-hybridized carbons (Fsp3) is 0.600. The highest BCUT2D eigenvalue weighted by Gasteiger charge is 2.34. The molecule has 118 valence electrons. The van der Waals surface area contributed by atoms with E-state index in [9.17, 15) is 14.7 Å². The summed E-state index contributed by atoms with van der Waals surface area (Å²) in [6, 6.07) is 2.62. The lowest BCUT2D eigenvalue weighted by Crippen LogP contribution is -2.54. The molecule has 6 heteroatoms. The van der Waals surface area contributed by atoms with Gasteiger partial charge in [0.25, 0.3) is 0 Å². The van der Waals surface area contributed by atoms with Crippen molar-refractivity contribution in [2.75, 3.05) is 0 Å². The Balaban J connectivity index is 2.83. The Bertz CT molecular complexity index is 478. The van der Waals surface area contributed by atoms with E-state index in [4.69, 9.17) is 0 Å². The average molecular weight is 312 g/mol. The molecule has 1 rings (SSSR count). The molecule has 0 aromatic carbocycles. The number of nitrogens with zero attached hydrogens (tertiary/aromatic N) is 1. The molecule has 1 heterocycles. The number of nitrogens with one attached hydrogen (secondary N) is 1. The predicted molar refractivity (Wildman–Crippen MR) is 84.4 cm³/mol. The Morgan fingerprint density at radius 1 is 1.38 bits per heavy atom. The van der Waals surface area contributed by atoms with Gasteiger partial charge in [0.2, 0.25) is 0 Å². The minimum absolute atomic E-state index is 0.0125. The molecule has 0 bridgehead atoms. The molecule has 0 saturated heterocycles. The van der Waals surface area contributed by atoms with E-state index in [-0.39, 0.29) is 12.1 Å². The van der Waals surface area contributed by atoms with E-state index in [1.807, 2.05) is 31.4 Å². The second kappa shape index (κ2) is 6.93. The van der Waals surface area contributed by atoms with E-state index >= 15 is 0 Å². The van der Waals surface area contributed by atoms with E-state index in [1.165, 1.54) is 0 Å². The van der Waals surface area contributed by atoms with Gasteiger partial charge in [-0.3, -0.25) is 0 Å². The number of hydrogen-bond donors (Lipinski definition) is 2. The highest BCUT2D eigenvalue weighted by molar-refractivity contribution is 7.09. The Hall–Kier alpha value is -1.56. The van der Waals surface area contributed by atoms with E-state index < -0.39 is 17.4 Å². The molecule has 0 radical (unpaired) electrons. The van der Waals surface area contributed by atoms with Crippen LogP contribution in [0.5, 0.6) is 0 Å². The molecule has 0 saturated carbocycles. The molecule has 2 N–H and O–H groups in total. The van der Waals surface area contributed by atoms with Gasteiger partial charge in [0.15, 0.2) is 0 Å². The Labute approximate surface area is 130 Å². The van der Waals surface area contributed by atoms with Crippen molar-refractivity contribution >= 4 is 23.3 Å². The van der Waals surface area contributed by atoms with Gasteiger partial charge >= 0.3 is 12.0 Å². The minimum Gasteiger partial charge on any atom is -0.480 e. The molecule has 1 unspecified atom stereocenters. The number of thiophene rings is 1. The Morgan fingerprint density at radius 2 is 2.00 bits per heavy atom. The summed E-state index contributed by atoms with van der Waals surface area (Å²) in [4.78, 5) is 26.5. The van der Waals surface area contributed by atoms with Crippen LogP contribution in [0.2, 0.25) is 0 Å². The quantitative estimate of drug-likeness (QED) is 0.877. The summed E-state index contributed by atoms with van der Waals surface area (Å²) in [5.41, 5.74) is -0.549. The topological polar surface area (TPSA) is 69.6 Å². The molecule has 0 aliphatic rings. The molecular weight excluding hydrogens is 288 g/mol. The smallest absolute Gasteiger partial charge is 0.326 e. The van der Waals surface area contributed by atoms with Crippen LogP contribution in [0.3, 0.4) is 0 Å². The van der Waals surface area contributed by atoms with Gasteiger partial charge in [-0.15, -0.1) is 11.3 Å². The number of amides is 2. The van der Waals surface area contributed by atoms with Crippen LogP contribution in [-0.4, -0.2) is 34.1 Å². The molecule has 1 aromatic heterocycles. The maximum Gasteiger partial charge on any atom is 0.326 e. The molecule has 0 aliphatic carbocycles. The largest absolute Gasteiger partial charge is 0.480 e. The molecule has 0 spiro atoms. The second-order valence-corrected chi connectivity index (χ2v) is 7.42. The standard InChI is InChI=1S/C15H24N2O3S/c1-10(2)17(9-11-7-6-8-21-11)14(20)16-12(13(18)19)15(3,4)5/h6-8,10,12H,9H2,1-5H3,(H,16,20)(H,18,19). The maximum atomic E-state index is 12.4. The number of rotatable bonds is 5. The van der Waals surface area contributed by atoms with Crippen LogP contribution in [0.25, 0.3) is 0 Å². The minimum atomic E-state index is -1.02. The molecule has 1 aromatic rings. The maximum absolute atomic E-state index is 12.4. The number of carboxylic acids is 1. The number of aliphatic carboxylic acids is 1. The first-order chi connectivity index (χ1) is 9.62. The van der Waals surface area contributed by atoms with Gasteiger partial charge in [0.05, 0.1) is 6.54 Å². The Morgan fingerprint density at radius 3 is 2.38 bits per heavy atom. The van der Waals surface area contributed by atoms with Crippen molar-refractivity contribution in [1.82, 2.24) is 10.2 Å². The fourth-order valence-corrected chi connectivity index (χ4v) is 2.62. The molecule has 2 amide bonds. The van der Waals surface area contributed by atoms with Crippen LogP contribution in [0.1, 0.15) is 39.5 Å². The number of carboxylic acid groups (broad SMARTS) is 1. The molecule has 0 aliphatic heterocycles. The van der Waals surface area contributed by atoms with Crippen molar-refractivity contribution in [3.05, 3.63) is 22.4 Å². The number of carbonyl (C=O) groups is 2. The lowest BCUT2D eigenvalue weighted by atomic mass is 9.87. The zero-order valence-electron chi connectivity index (χ0n) is 13.2. The van der Waals surface area contributed by atoms with E-state index in [0.717, 1.165) is 4.88 Å². The van der Waals surface area contributed by atoms with Gasteiger partial charge in [0.1, 0.15) is 6.04 Å². The van der Waals surface area contributed by atoms with Gasteiger partial charge in [-0.2, -0.15) is 0 Å². The zero-order chi connectivity index (χ0) is 16.2. The SMILES string of the molecule is CC(C)N(Cc1cccs1)C(=O)NC(C(=O)O)C(C)(C)C. The summed E-state index contributed by atoms with van der Waals surface area (Å²) in [7, 11) is 0. The first-order valence-corrected chi connectivity index (χ1v) is 7.83. The zero-order valence-corrected chi connectivity index (χ0v) is 14.0. The van der Waals surface area contributed by atoms with Crippen molar-refractivity contribution in [3.63, 3.8) is 0 Å². The summed E-state index contributed by atoms with van der Waals surface area (Å²) in [6.45, 7) is 9.71. The summed E-state index contributed by atoms with van der Waals surface area (Å²) >= 11 is 1.58. The van der Waals surface area contributed by atoms with E-state index in [1.54, 1.807) is 37.0 Å². The molecule has 21 heavy (non-hydrogen) atoms. The predicted octanol–water partition coefficient (Wildman–Crippen LogP) is 3.17.